The molecule has 1 aromatic rings. The lowest BCUT2D eigenvalue weighted by Crippen LogP contribution is -2.17. The molecule has 0 radical (unpaired) electrons. The molecule has 2 rings (SSSR count). The fourth-order valence-corrected chi connectivity index (χ4v) is 4.25. The maximum Gasteiger partial charge on any atom is 0.0849 e. The molecule has 1 aromatic carbocycles. The lowest BCUT2D eigenvalue weighted by atomic mass is 9.79. The molecular weight excluding hydrogens is 352 g/mol. The molecule has 0 saturated carbocycles. The maximum absolute atomic E-state index is 5.91. The predicted molar refractivity (Wildman–Crippen MR) is 128 cm³/mol. The average molecular weight is 395 g/mol. The van der Waals surface area contributed by atoms with Crippen molar-refractivity contribution in [3.63, 3.8) is 0 Å². The third-order valence-electron chi connectivity index (χ3n) is 6.21. The molecule has 29 heavy (non-hydrogen) atoms. The van der Waals surface area contributed by atoms with Crippen LogP contribution in [0.5, 0.6) is 0 Å². The molecule has 0 aromatic heterocycles. The second-order valence-electron chi connectivity index (χ2n) is 10.8. The minimum absolute atomic E-state index is 0.142. The van der Waals surface area contributed by atoms with Crippen molar-refractivity contribution in [3.8, 4) is 0 Å². The van der Waals surface area contributed by atoms with Crippen molar-refractivity contribution in [2.24, 2.45) is 5.92 Å². The molecule has 1 aliphatic rings. The Morgan fingerprint density at radius 3 is 2.03 bits per heavy atom. The molecule has 0 heterocycles. The normalized spacial score (nSPS) is 21.1. The average Bonchev–Trinajstić information content (AvgIpc) is 2.91. The summed E-state index contributed by atoms with van der Waals surface area (Å²) in [5.74, 6) is 0.511. The van der Waals surface area contributed by atoms with Crippen LogP contribution in [0.4, 0.5) is 0 Å². The van der Waals surface area contributed by atoms with Crippen LogP contribution in [0, 0.1) is 5.92 Å². The molecule has 2 atom stereocenters. The monoisotopic (exact) mass is 394 g/mol. The van der Waals surface area contributed by atoms with Gasteiger partial charge in [0.15, 0.2) is 0 Å². The van der Waals surface area contributed by atoms with Crippen LogP contribution in [-0.2, 0) is 22.0 Å². The lowest BCUT2D eigenvalue weighted by molar-refractivity contribution is 0.100. The molecule has 1 heteroatoms. The van der Waals surface area contributed by atoms with Crippen LogP contribution < -0.4 is 0 Å². The minimum Gasteiger partial charge on any atom is -0.376 e. The molecule has 0 bridgehead atoms. The van der Waals surface area contributed by atoms with Crippen LogP contribution in [-0.4, -0.2) is 13.2 Å². The summed E-state index contributed by atoms with van der Waals surface area (Å²) in [5.41, 5.74) is 8.72. The van der Waals surface area contributed by atoms with Crippen molar-refractivity contribution in [3.05, 3.63) is 70.3 Å². The standard InChI is InChI=1S/C28H42O/c1-11-20(12-2)17-25-22(13-19(3)26(25)29-10)14-21-15-23(27(4,5)6)18-24(16-21)28(7,8)9/h11,15-19,26H,1,12-14H2,2-10H3/b20-17+/t19-,26-/m1/s1. The maximum atomic E-state index is 5.91. The van der Waals surface area contributed by atoms with Gasteiger partial charge in [0, 0.05) is 7.11 Å². The first-order valence-corrected chi connectivity index (χ1v) is 11.1. The Morgan fingerprint density at radius 1 is 1.07 bits per heavy atom. The van der Waals surface area contributed by atoms with Crippen molar-refractivity contribution in [1.29, 1.82) is 0 Å². The molecule has 0 unspecified atom stereocenters. The van der Waals surface area contributed by atoms with Crippen molar-refractivity contribution < 1.29 is 4.74 Å². The van der Waals surface area contributed by atoms with Gasteiger partial charge in [0.25, 0.3) is 0 Å². The van der Waals surface area contributed by atoms with Crippen molar-refractivity contribution in [1.82, 2.24) is 0 Å². The van der Waals surface area contributed by atoms with Crippen LogP contribution in [0.2, 0.25) is 0 Å². The number of methoxy groups -OCH3 is 1. The van der Waals surface area contributed by atoms with E-state index in [1.807, 2.05) is 13.2 Å². The summed E-state index contributed by atoms with van der Waals surface area (Å²) >= 11 is 0. The third-order valence-corrected chi connectivity index (χ3v) is 6.21. The second-order valence-corrected chi connectivity index (χ2v) is 10.8. The highest BCUT2D eigenvalue weighted by molar-refractivity contribution is 5.44. The van der Waals surface area contributed by atoms with Gasteiger partial charge >= 0.3 is 0 Å². The molecule has 0 fully saturated rings. The van der Waals surface area contributed by atoms with Gasteiger partial charge in [-0.1, -0.05) is 97.9 Å². The van der Waals surface area contributed by atoms with Gasteiger partial charge in [-0.2, -0.15) is 0 Å². The summed E-state index contributed by atoms with van der Waals surface area (Å²) in [6.07, 6.45) is 7.59. The number of benzene rings is 1. The lowest BCUT2D eigenvalue weighted by Gasteiger charge is -2.26. The Kier molecular flexibility index (Phi) is 7.38. The van der Waals surface area contributed by atoms with Gasteiger partial charge in [0.1, 0.15) is 0 Å². The van der Waals surface area contributed by atoms with E-state index in [1.165, 1.54) is 33.4 Å². The number of hydrogen-bond acceptors (Lipinski definition) is 1. The van der Waals surface area contributed by atoms with Crippen molar-refractivity contribution >= 4 is 0 Å². The first kappa shape index (κ1) is 23.7. The van der Waals surface area contributed by atoms with Gasteiger partial charge in [-0.05, 0) is 63.8 Å². The van der Waals surface area contributed by atoms with Crippen molar-refractivity contribution in [2.45, 2.75) is 91.6 Å². The number of ether oxygens (including phenoxy) is 1. The number of allylic oxidation sites excluding steroid dienone is 3. The second kappa shape index (κ2) is 9.04. The SMILES string of the molecule is C=C/C(=C\C1=C(Cc2cc(C(C)(C)C)cc(C(C)(C)C)c2)C[C@@H](C)[C@H]1OC)CC. The molecule has 1 nitrogen and oxygen atoms in total. The Balaban J connectivity index is 2.56. The van der Waals surface area contributed by atoms with E-state index in [0.717, 1.165) is 19.3 Å². The minimum atomic E-state index is 0.142. The zero-order valence-corrected chi connectivity index (χ0v) is 20.3. The predicted octanol–water partition coefficient (Wildman–Crippen LogP) is 7.70. The van der Waals surface area contributed by atoms with E-state index in [1.54, 1.807) is 0 Å². The Morgan fingerprint density at radius 2 is 1.62 bits per heavy atom. The van der Waals surface area contributed by atoms with Gasteiger partial charge in [-0.3, -0.25) is 0 Å². The molecule has 0 N–H and O–H groups in total. The molecule has 160 valence electrons. The van der Waals surface area contributed by atoms with Crippen LogP contribution in [0.25, 0.3) is 0 Å². The zero-order valence-electron chi connectivity index (χ0n) is 20.3. The zero-order chi connectivity index (χ0) is 22.0. The molecule has 0 saturated heterocycles. The molecule has 1 aliphatic carbocycles. The highest BCUT2D eigenvalue weighted by atomic mass is 16.5. The largest absolute Gasteiger partial charge is 0.376 e. The van der Waals surface area contributed by atoms with Crippen LogP contribution in [0.3, 0.4) is 0 Å². The summed E-state index contributed by atoms with van der Waals surface area (Å²) < 4.78 is 5.91. The van der Waals surface area contributed by atoms with E-state index in [0.29, 0.717) is 5.92 Å². The Labute approximate surface area is 179 Å². The van der Waals surface area contributed by atoms with Gasteiger partial charge in [-0.15, -0.1) is 0 Å². The summed E-state index contributed by atoms with van der Waals surface area (Å²) in [6, 6.07) is 7.24. The summed E-state index contributed by atoms with van der Waals surface area (Å²) in [5, 5.41) is 0. The van der Waals surface area contributed by atoms with E-state index in [-0.39, 0.29) is 16.9 Å². The molecular formula is C28H42O. The first-order chi connectivity index (χ1) is 13.4. The van der Waals surface area contributed by atoms with E-state index in [4.69, 9.17) is 4.74 Å². The van der Waals surface area contributed by atoms with Crippen LogP contribution >= 0.6 is 0 Å². The Bertz CT molecular complexity index is 760. The topological polar surface area (TPSA) is 9.23 Å². The van der Waals surface area contributed by atoms with Gasteiger partial charge in [0.05, 0.1) is 6.10 Å². The van der Waals surface area contributed by atoms with E-state index >= 15 is 0 Å². The Hall–Kier alpha value is -1.60. The van der Waals surface area contributed by atoms with Gasteiger partial charge < -0.3 is 4.74 Å². The van der Waals surface area contributed by atoms with E-state index < -0.39 is 0 Å². The smallest absolute Gasteiger partial charge is 0.0849 e. The van der Waals surface area contributed by atoms with Crippen molar-refractivity contribution in [2.75, 3.05) is 7.11 Å². The highest BCUT2D eigenvalue weighted by Crippen LogP contribution is 2.38. The van der Waals surface area contributed by atoms with Crippen LogP contribution in [0.15, 0.2) is 53.6 Å². The number of hydrogen-bond donors (Lipinski definition) is 0. The molecule has 0 amide bonds. The first-order valence-electron chi connectivity index (χ1n) is 11.1. The fraction of sp³-hybridized carbons (Fsp3) is 0.571. The quantitative estimate of drug-likeness (QED) is 0.449. The molecule has 0 aliphatic heterocycles. The highest BCUT2D eigenvalue weighted by Gasteiger charge is 2.31. The third kappa shape index (κ3) is 5.72. The fourth-order valence-electron chi connectivity index (χ4n) is 4.25. The summed E-state index contributed by atoms with van der Waals surface area (Å²) in [7, 11) is 1.84. The van der Waals surface area contributed by atoms with Crippen LogP contribution in [0.1, 0.15) is 84.9 Å². The summed E-state index contributed by atoms with van der Waals surface area (Å²) in [6.45, 7) is 22.3. The molecule has 0 spiro atoms. The van der Waals surface area contributed by atoms with E-state index in [9.17, 15) is 0 Å². The van der Waals surface area contributed by atoms with Gasteiger partial charge in [-0.25, -0.2) is 0 Å². The van der Waals surface area contributed by atoms with Gasteiger partial charge in [0.2, 0.25) is 0 Å². The number of rotatable bonds is 6. The van der Waals surface area contributed by atoms with E-state index in [2.05, 4.69) is 86.2 Å². The summed E-state index contributed by atoms with van der Waals surface area (Å²) in [4.78, 5) is 0.